The van der Waals surface area contributed by atoms with E-state index < -0.39 is 18.1 Å². The highest BCUT2D eigenvalue weighted by Crippen LogP contribution is 2.18. The minimum Gasteiger partial charge on any atom is -0.479 e. The number of piperidine rings is 1. The van der Waals surface area contributed by atoms with Crippen LogP contribution in [-0.2, 0) is 4.79 Å². The van der Waals surface area contributed by atoms with E-state index in [9.17, 15) is 9.59 Å². The van der Waals surface area contributed by atoms with Crippen molar-refractivity contribution in [3.05, 3.63) is 0 Å². The zero-order chi connectivity index (χ0) is 14.3. The van der Waals surface area contributed by atoms with Crippen LogP contribution in [0.15, 0.2) is 0 Å². The maximum absolute atomic E-state index is 11.3. The average molecular weight is 273 g/mol. The van der Waals surface area contributed by atoms with Gasteiger partial charge in [-0.2, -0.15) is 0 Å². The van der Waals surface area contributed by atoms with Gasteiger partial charge in [-0.05, 0) is 45.3 Å². The third kappa shape index (κ3) is 6.40. The molecule has 1 unspecified atom stereocenters. The van der Waals surface area contributed by atoms with E-state index in [-0.39, 0.29) is 6.54 Å². The van der Waals surface area contributed by atoms with Crippen molar-refractivity contribution >= 4 is 12.0 Å². The molecule has 0 aromatic heterocycles. The first-order valence-corrected chi connectivity index (χ1v) is 6.60. The number of aliphatic hydroxyl groups is 1. The first-order valence-electron chi connectivity index (χ1n) is 6.60. The lowest BCUT2D eigenvalue weighted by Crippen LogP contribution is -2.42. The Balaban J connectivity index is 2.05. The Morgan fingerprint density at radius 3 is 2.53 bits per heavy atom. The van der Waals surface area contributed by atoms with Gasteiger partial charge in [0.1, 0.15) is 0 Å². The molecule has 1 rings (SSSR count). The van der Waals surface area contributed by atoms with Gasteiger partial charge < -0.3 is 25.7 Å². The molecular formula is C12H23N3O4. The molecule has 0 bridgehead atoms. The number of carboxylic acid groups (broad SMARTS) is 1. The van der Waals surface area contributed by atoms with E-state index in [1.165, 1.54) is 0 Å². The monoisotopic (exact) mass is 273 g/mol. The Bertz CT molecular complexity index is 303. The lowest BCUT2D eigenvalue weighted by Gasteiger charge is -2.28. The molecule has 19 heavy (non-hydrogen) atoms. The highest BCUT2D eigenvalue weighted by atomic mass is 16.4. The summed E-state index contributed by atoms with van der Waals surface area (Å²) in [5.74, 6) is -0.701. The number of carboxylic acids is 1. The van der Waals surface area contributed by atoms with E-state index in [2.05, 4.69) is 22.6 Å². The zero-order valence-electron chi connectivity index (χ0n) is 11.3. The van der Waals surface area contributed by atoms with Crippen LogP contribution in [0.2, 0.25) is 0 Å². The van der Waals surface area contributed by atoms with Gasteiger partial charge >= 0.3 is 12.0 Å². The van der Waals surface area contributed by atoms with Crippen LogP contribution >= 0.6 is 0 Å². The minimum atomic E-state index is -1.56. The van der Waals surface area contributed by atoms with Crippen LogP contribution in [0, 0.1) is 5.92 Å². The van der Waals surface area contributed by atoms with E-state index in [4.69, 9.17) is 10.2 Å². The first kappa shape index (κ1) is 15.7. The summed E-state index contributed by atoms with van der Waals surface area (Å²) in [4.78, 5) is 24.0. The van der Waals surface area contributed by atoms with Gasteiger partial charge in [0, 0.05) is 6.54 Å². The Labute approximate surface area is 113 Å². The molecular weight excluding hydrogens is 250 g/mol. The number of nitrogens with one attached hydrogen (secondary N) is 2. The van der Waals surface area contributed by atoms with E-state index in [0.717, 1.165) is 32.4 Å². The molecule has 2 amide bonds. The lowest BCUT2D eigenvalue weighted by molar-refractivity contribution is -0.146. The van der Waals surface area contributed by atoms with Crippen LogP contribution in [0.5, 0.6) is 0 Å². The molecule has 0 aromatic rings. The number of aliphatic carboxylic acids is 1. The maximum Gasteiger partial charge on any atom is 0.334 e. The average Bonchev–Trinajstić information content (AvgIpc) is 2.38. The first-order chi connectivity index (χ1) is 8.99. The van der Waals surface area contributed by atoms with Crippen molar-refractivity contribution in [3.8, 4) is 0 Å². The van der Waals surface area contributed by atoms with Gasteiger partial charge in [-0.1, -0.05) is 0 Å². The van der Waals surface area contributed by atoms with Gasteiger partial charge in [0.05, 0.1) is 6.54 Å². The summed E-state index contributed by atoms with van der Waals surface area (Å²) in [6, 6.07) is -0.437. The van der Waals surface area contributed by atoms with Crippen LogP contribution < -0.4 is 10.6 Å². The summed E-state index contributed by atoms with van der Waals surface area (Å²) in [7, 11) is 2.11. The van der Waals surface area contributed by atoms with Crippen molar-refractivity contribution in [2.24, 2.45) is 5.92 Å². The van der Waals surface area contributed by atoms with Crippen molar-refractivity contribution in [2.45, 2.75) is 25.4 Å². The molecule has 0 spiro atoms. The highest BCUT2D eigenvalue weighted by molar-refractivity contribution is 5.76. The van der Waals surface area contributed by atoms with Gasteiger partial charge in [0.25, 0.3) is 0 Å². The normalized spacial score (nSPS) is 18.8. The van der Waals surface area contributed by atoms with E-state index in [1.807, 2.05) is 0 Å². The molecule has 7 heteroatoms. The van der Waals surface area contributed by atoms with Crippen molar-refractivity contribution < 1.29 is 19.8 Å². The zero-order valence-corrected chi connectivity index (χ0v) is 11.3. The van der Waals surface area contributed by atoms with Gasteiger partial charge in [0.15, 0.2) is 6.10 Å². The lowest BCUT2D eigenvalue weighted by atomic mass is 9.94. The summed E-state index contributed by atoms with van der Waals surface area (Å²) in [5.41, 5.74) is 0. The summed E-state index contributed by atoms with van der Waals surface area (Å²) in [5, 5.41) is 22.4. The van der Waals surface area contributed by atoms with Crippen LogP contribution in [0.1, 0.15) is 19.3 Å². The molecule has 110 valence electrons. The number of hydrogen-bond acceptors (Lipinski definition) is 4. The molecule has 1 aliphatic rings. The Hall–Kier alpha value is -1.34. The number of hydrogen-bond donors (Lipinski definition) is 4. The fraction of sp³-hybridized carbons (Fsp3) is 0.833. The molecule has 0 saturated carbocycles. The topological polar surface area (TPSA) is 102 Å². The second-order valence-corrected chi connectivity index (χ2v) is 5.03. The molecule has 0 aliphatic carbocycles. The van der Waals surface area contributed by atoms with Crippen LogP contribution in [0.25, 0.3) is 0 Å². The maximum atomic E-state index is 11.3. The molecule has 0 aromatic carbocycles. The minimum absolute atomic E-state index is 0.282. The van der Waals surface area contributed by atoms with E-state index in [0.29, 0.717) is 12.5 Å². The van der Waals surface area contributed by atoms with Crippen LogP contribution in [0.4, 0.5) is 4.79 Å². The fourth-order valence-corrected chi connectivity index (χ4v) is 2.08. The van der Waals surface area contributed by atoms with Gasteiger partial charge in [0.2, 0.25) is 0 Å². The second kappa shape index (κ2) is 7.96. The molecule has 1 fully saturated rings. The van der Waals surface area contributed by atoms with Gasteiger partial charge in [-0.3, -0.25) is 0 Å². The number of amides is 2. The van der Waals surface area contributed by atoms with E-state index >= 15 is 0 Å². The summed E-state index contributed by atoms with van der Waals surface area (Å²) < 4.78 is 0. The Morgan fingerprint density at radius 2 is 1.95 bits per heavy atom. The number of carbonyl (C=O) groups excluding carboxylic acids is 1. The molecule has 1 saturated heterocycles. The van der Waals surface area contributed by atoms with Gasteiger partial charge in [-0.15, -0.1) is 0 Å². The number of carbonyl (C=O) groups is 2. The third-order valence-electron chi connectivity index (χ3n) is 3.42. The Morgan fingerprint density at radius 1 is 1.32 bits per heavy atom. The summed E-state index contributed by atoms with van der Waals surface area (Å²) in [6.45, 7) is 2.49. The van der Waals surface area contributed by atoms with Crippen molar-refractivity contribution in [2.75, 3.05) is 33.2 Å². The van der Waals surface area contributed by atoms with Crippen molar-refractivity contribution in [1.29, 1.82) is 0 Å². The van der Waals surface area contributed by atoms with Crippen molar-refractivity contribution in [3.63, 3.8) is 0 Å². The molecule has 1 aliphatic heterocycles. The number of urea groups is 1. The fourth-order valence-electron chi connectivity index (χ4n) is 2.08. The number of aliphatic hydroxyl groups excluding tert-OH is 1. The molecule has 1 atom stereocenters. The predicted molar refractivity (Wildman–Crippen MR) is 69.9 cm³/mol. The van der Waals surface area contributed by atoms with E-state index in [1.54, 1.807) is 0 Å². The van der Waals surface area contributed by atoms with Crippen LogP contribution in [0.3, 0.4) is 0 Å². The molecule has 1 heterocycles. The molecule has 0 radical (unpaired) electrons. The highest BCUT2D eigenvalue weighted by Gasteiger charge is 2.17. The predicted octanol–water partition coefficient (Wildman–Crippen LogP) is -0.537. The number of rotatable bonds is 6. The van der Waals surface area contributed by atoms with Crippen LogP contribution in [-0.4, -0.2) is 66.4 Å². The third-order valence-corrected chi connectivity index (χ3v) is 3.42. The summed E-state index contributed by atoms with van der Waals surface area (Å²) >= 11 is 0. The standard InChI is InChI=1S/C12H23N3O4/c1-15-6-3-9(4-7-15)2-5-13-12(19)14-8-10(16)11(17)18/h9-10,16H,2-8H2,1H3,(H,17,18)(H2,13,14,19). The van der Waals surface area contributed by atoms with Crippen molar-refractivity contribution in [1.82, 2.24) is 15.5 Å². The smallest absolute Gasteiger partial charge is 0.334 e. The SMILES string of the molecule is CN1CCC(CCNC(=O)NCC(O)C(=O)O)CC1. The number of nitrogens with zero attached hydrogens (tertiary/aromatic N) is 1. The number of likely N-dealkylation sites (tertiary alicyclic amines) is 1. The largest absolute Gasteiger partial charge is 0.479 e. The molecule has 4 N–H and O–H groups in total. The summed E-state index contributed by atoms with van der Waals surface area (Å²) in [6.07, 6.45) is 1.68. The molecule has 7 nitrogen and oxygen atoms in total. The Kier molecular flexibility index (Phi) is 6.58. The quantitative estimate of drug-likeness (QED) is 0.521. The van der Waals surface area contributed by atoms with Gasteiger partial charge in [-0.25, -0.2) is 9.59 Å². The second-order valence-electron chi connectivity index (χ2n) is 5.03.